The third-order valence-electron chi connectivity index (χ3n) is 2.26. The molecule has 1 amide bonds. The molecular weight excluding hydrogens is 194 g/mol. The van der Waals surface area contributed by atoms with Crippen molar-refractivity contribution in [3.63, 3.8) is 0 Å². The molecule has 0 saturated carbocycles. The van der Waals surface area contributed by atoms with Gasteiger partial charge in [0.25, 0.3) is 0 Å². The van der Waals surface area contributed by atoms with Gasteiger partial charge in [0.1, 0.15) is 0 Å². The smallest absolute Gasteiger partial charge is 0.225 e. The monoisotopic (exact) mass is 209 g/mol. The topological polar surface area (TPSA) is 83.6 Å². The number of aliphatic hydroxyl groups excluding tert-OH is 2. The van der Waals surface area contributed by atoms with E-state index in [1.54, 1.807) is 24.3 Å². The summed E-state index contributed by atoms with van der Waals surface area (Å²) < 4.78 is 0. The summed E-state index contributed by atoms with van der Waals surface area (Å²) in [4.78, 5) is 11.2. The van der Waals surface area contributed by atoms with E-state index in [0.29, 0.717) is 0 Å². The standard InChI is InChI=1S/C11H15NO3/c12-11(15)10(6-9(14)7-13)8-4-2-1-3-5-8/h1-5,9-10,13-14H,6-7H2,(H2,12,15). The third kappa shape index (κ3) is 3.34. The van der Waals surface area contributed by atoms with Crippen LogP contribution in [-0.4, -0.2) is 28.8 Å². The summed E-state index contributed by atoms with van der Waals surface area (Å²) >= 11 is 0. The van der Waals surface area contributed by atoms with Crippen molar-refractivity contribution < 1.29 is 15.0 Å². The Hall–Kier alpha value is -1.39. The largest absolute Gasteiger partial charge is 0.394 e. The second-order valence-electron chi connectivity index (χ2n) is 3.44. The molecule has 0 aromatic heterocycles. The lowest BCUT2D eigenvalue weighted by Gasteiger charge is -2.16. The SMILES string of the molecule is NC(=O)C(CC(O)CO)c1ccccc1. The molecule has 0 bridgehead atoms. The molecule has 1 rings (SSSR count). The van der Waals surface area contributed by atoms with Gasteiger partial charge in [0, 0.05) is 0 Å². The lowest BCUT2D eigenvalue weighted by Crippen LogP contribution is -2.26. The number of nitrogens with two attached hydrogens (primary N) is 1. The zero-order chi connectivity index (χ0) is 11.3. The van der Waals surface area contributed by atoms with E-state index in [-0.39, 0.29) is 13.0 Å². The van der Waals surface area contributed by atoms with Crippen molar-refractivity contribution in [3.8, 4) is 0 Å². The first-order valence-electron chi connectivity index (χ1n) is 4.78. The van der Waals surface area contributed by atoms with Gasteiger partial charge in [0.15, 0.2) is 0 Å². The number of aliphatic hydroxyl groups is 2. The zero-order valence-electron chi connectivity index (χ0n) is 8.34. The van der Waals surface area contributed by atoms with E-state index < -0.39 is 17.9 Å². The van der Waals surface area contributed by atoms with E-state index >= 15 is 0 Å². The van der Waals surface area contributed by atoms with Gasteiger partial charge >= 0.3 is 0 Å². The highest BCUT2D eigenvalue weighted by molar-refractivity contribution is 5.81. The Morgan fingerprint density at radius 1 is 1.33 bits per heavy atom. The Bertz CT molecular complexity index is 313. The predicted octanol–water partition coefficient (Wildman–Crippen LogP) is -0.00120. The normalized spacial score (nSPS) is 14.5. The average Bonchev–Trinajstić information content (AvgIpc) is 2.26. The maximum absolute atomic E-state index is 11.2. The first-order valence-corrected chi connectivity index (χ1v) is 4.78. The molecule has 1 aromatic carbocycles. The number of amides is 1. The van der Waals surface area contributed by atoms with Crippen LogP contribution >= 0.6 is 0 Å². The summed E-state index contributed by atoms with van der Waals surface area (Å²) in [5, 5.41) is 18.0. The molecule has 0 saturated heterocycles. The van der Waals surface area contributed by atoms with Gasteiger partial charge in [0.05, 0.1) is 18.6 Å². The molecule has 0 radical (unpaired) electrons. The number of hydrogen-bond donors (Lipinski definition) is 3. The van der Waals surface area contributed by atoms with Crippen molar-refractivity contribution in [3.05, 3.63) is 35.9 Å². The summed E-state index contributed by atoms with van der Waals surface area (Å²) in [5.41, 5.74) is 6.00. The van der Waals surface area contributed by atoms with Gasteiger partial charge in [-0.15, -0.1) is 0 Å². The van der Waals surface area contributed by atoms with E-state index in [0.717, 1.165) is 5.56 Å². The molecular formula is C11H15NO3. The van der Waals surface area contributed by atoms with Gasteiger partial charge in [0.2, 0.25) is 5.91 Å². The maximum atomic E-state index is 11.2. The number of rotatable bonds is 5. The Morgan fingerprint density at radius 3 is 2.40 bits per heavy atom. The summed E-state index contributed by atoms with van der Waals surface area (Å²) in [6.45, 7) is -0.364. The number of benzene rings is 1. The van der Waals surface area contributed by atoms with Crippen molar-refractivity contribution in [2.75, 3.05) is 6.61 Å². The Labute approximate surface area is 88.3 Å². The van der Waals surface area contributed by atoms with Crippen molar-refractivity contribution in [1.29, 1.82) is 0 Å². The number of carbonyl (C=O) groups excluding carboxylic acids is 1. The van der Waals surface area contributed by atoms with Gasteiger partial charge in [-0.1, -0.05) is 30.3 Å². The van der Waals surface area contributed by atoms with Crippen molar-refractivity contribution in [2.45, 2.75) is 18.4 Å². The molecule has 0 spiro atoms. The third-order valence-corrected chi connectivity index (χ3v) is 2.26. The summed E-state index contributed by atoms with van der Waals surface area (Å²) in [6, 6.07) is 9.00. The fraction of sp³-hybridized carbons (Fsp3) is 0.364. The molecule has 1 aromatic rings. The summed E-state index contributed by atoms with van der Waals surface area (Å²) in [5.74, 6) is -1.04. The molecule has 4 N–H and O–H groups in total. The molecule has 0 aliphatic carbocycles. The first-order chi connectivity index (χ1) is 7.15. The minimum Gasteiger partial charge on any atom is -0.394 e. The lowest BCUT2D eigenvalue weighted by molar-refractivity contribution is -0.120. The van der Waals surface area contributed by atoms with E-state index in [1.165, 1.54) is 0 Å². The van der Waals surface area contributed by atoms with Crippen LogP contribution in [-0.2, 0) is 4.79 Å². The second kappa shape index (κ2) is 5.48. The summed E-state index contributed by atoms with van der Waals surface area (Å²) in [7, 11) is 0. The lowest BCUT2D eigenvalue weighted by atomic mass is 9.93. The Balaban J connectivity index is 2.80. The van der Waals surface area contributed by atoms with Crippen LogP contribution in [0.1, 0.15) is 17.9 Å². The van der Waals surface area contributed by atoms with E-state index in [9.17, 15) is 9.90 Å². The zero-order valence-corrected chi connectivity index (χ0v) is 8.34. The van der Waals surface area contributed by atoms with Crippen LogP contribution in [0.25, 0.3) is 0 Å². The Morgan fingerprint density at radius 2 is 1.93 bits per heavy atom. The fourth-order valence-corrected chi connectivity index (χ4v) is 1.45. The fourth-order valence-electron chi connectivity index (χ4n) is 1.45. The predicted molar refractivity (Wildman–Crippen MR) is 56.1 cm³/mol. The molecule has 4 nitrogen and oxygen atoms in total. The van der Waals surface area contributed by atoms with Crippen LogP contribution in [0.2, 0.25) is 0 Å². The van der Waals surface area contributed by atoms with Crippen molar-refractivity contribution in [1.82, 2.24) is 0 Å². The highest BCUT2D eigenvalue weighted by Crippen LogP contribution is 2.20. The van der Waals surface area contributed by atoms with Crippen LogP contribution in [0.5, 0.6) is 0 Å². The van der Waals surface area contributed by atoms with Crippen LogP contribution in [0, 0.1) is 0 Å². The van der Waals surface area contributed by atoms with Gasteiger partial charge in [-0.2, -0.15) is 0 Å². The first kappa shape index (κ1) is 11.7. The molecule has 4 heteroatoms. The van der Waals surface area contributed by atoms with Crippen LogP contribution in [0.3, 0.4) is 0 Å². The van der Waals surface area contributed by atoms with E-state index in [1.807, 2.05) is 6.07 Å². The van der Waals surface area contributed by atoms with Crippen molar-refractivity contribution in [2.24, 2.45) is 5.73 Å². The van der Waals surface area contributed by atoms with E-state index in [2.05, 4.69) is 0 Å². The van der Waals surface area contributed by atoms with Crippen LogP contribution < -0.4 is 5.73 Å². The van der Waals surface area contributed by atoms with Crippen LogP contribution in [0.15, 0.2) is 30.3 Å². The molecule has 0 fully saturated rings. The molecule has 2 atom stereocenters. The van der Waals surface area contributed by atoms with Gasteiger partial charge in [-0.05, 0) is 12.0 Å². The van der Waals surface area contributed by atoms with E-state index in [4.69, 9.17) is 10.8 Å². The molecule has 0 heterocycles. The Kier molecular flexibility index (Phi) is 4.27. The summed E-state index contributed by atoms with van der Waals surface area (Å²) in [6.07, 6.45) is -0.766. The minimum atomic E-state index is -0.914. The highest BCUT2D eigenvalue weighted by atomic mass is 16.3. The van der Waals surface area contributed by atoms with Gasteiger partial charge in [-0.3, -0.25) is 4.79 Å². The number of carbonyl (C=O) groups is 1. The molecule has 0 aliphatic heterocycles. The number of primary amides is 1. The molecule has 15 heavy (non-hydrogen) atoms. The van der Waals surface area contributed by atoms with Crippen molar-refractivity contribution >= 4 is 5.91 Å². The van der Waals surface area contributed by atoms with Gasteiger partial charge < -0.3 is 15.9 Å². The minimum absolute atomic E-state index is 0.149. The molecule has 0 aliphatic rings. The highest BCUT2D eigenvalue weighted by Gasteiger charge is 2.20. The molecule has 2 unspecified atom stereocenters. The quantitative estimate of drug-likeness (QED) is 0.638. The van der Waals surface area contributed by atoms with Gasteiger partial charge in [-0.25, -0.2) is 0 Å². The van der Waals surface area contributed by atoms with Crippen LogP contribution in [0.4, 0.5) is 0 Å². The second-order valence-corrected chi connectivity index (χ2v) is 3.44. The average molecular weight is 209 g/mol. The number of hydrogen-bond acceptors (Lipinski definition) is 3. The molecule has 82 valence electrons. The maximum Gasteiger partial charge on any atom is 0.225 e.